The first-order valence-electron chi connectivity index (χ1n) is 8.04. The molecule has 26 heavy (non-hydrogen) atoms. The lowest BCUT2D eigenvalue weighted by Crippen LogP contribution is -2.47. The molecule has 0 aliphatic rings. The molecular weight excluding hydrogens is 339 g/mol. The Morgan fingerprint density at radius 2 is 1.85 bits per heavy atom. The number of amides is 2. The van der Waals surface area contributed by atoms with E-state index in [0.29, 0.717) is 11.3 Å². The van der Waals surface area contributed by atoms with Gasteiger partial charge in [-0.2, -0.15) is 0 Å². The summed E-state index contributed by atoms with van der Waals surface area (Å²) in [7, 11) is 1.52. The van der Waals surface area contributed by atoms with Crippen molar-refractivity contribution in [2.24, 2.45) is 0 Å². The summed E-state index contributed by atoms with van der Waals surface area (Å²) in [5, 5.41) is 0. The molecule has 6 nitrogen and oxygen atoms in total. The first-order chi connectivity index (χ1) is 12.4. The van der Waals surface area contributed by atoms with Crippen molar-refractivity contribution < 1.29 is 23.5 Å². The molecule has 0 spiro atoms. The SMILES string of the molecule is COc1ccc(C)cc1CC(=O)NNC(=O)[C@H](C)Oc1ccccc1F. The number of para-hydroxylation sites is 1. The van der Waals surface area contributed by atoms with E-state index < -0.39 is 23.7 Å². The van der Waals surface area contributed by atoms with Gasteiger partial charge in [-0.3, -0.25) is 20.4 Å². The molecule has 0 aliphatic heterocycles. The normalized spacial score (nSPS) is 11.4. The zero-order valence-corrected chi connectivity index (χ0v) is 14.8. The first kappa shape index (κ1) is 19.2. The Hall–Kier alpha value is -3.09. The number of aryl methyl sites for hydroxylation is 1. The largest absolute Gasteiger partial charge is 0.496 e. The third-order valence-electron chi connectivity index (χ3n) is 3.62. The molecule has 2 aromatic rings. The Kier molecular flexibility index (Phi) is 6.54. The maximum Gasteiger partial charge on any atom is 0.279 e. The third kappa shape index (κ3) is 5.20. The number of hydrazine groups is 1. The van der Waals surface area contributed by atoms with Crippen LogP contribution in [0.1, 0.15) is 18.1 Å². The summed E-state index contributed by atoms with van der Waals surface area (Å²) in [6.45, 7) is 3.36. The summed E-state index contributed by atoms with van der Waals surface area (Å²) in [6.07, 6.45) is -0.950. The van der Waals surface area contributed by atoms with E-state index in [2.05, 4.69) is 10.9 Å². The van der Waals surface area contributed by atoms with Crippen molar-refractivity contribution in [3.63, 3.8) is 0 Å². The van der Waals surface area contributed by atoms with Gasteiger partial charge in [-0.05, 0) is 32.0 Å². The fourth-order valence-electron chi connectivity index (χ4n) is 2.28. The van der Waals surface area contributed by atoms with Gasteiger partial charge in [0.2, 0.25) is 5.91 Å². The number of hydrogen-bond acceptors (Lipinski definition) is 4. The monoisotopic (exact) mass is 360 g/mol. The maximum atomic E-state index is 13.5. The Bertz CT molecular complexity index is 795. The van der Waals surface area contributed by atoms with Gasteiger partial charge in [0.05, 0.1) is 13.5 Å². The number of rotatable bonds is 6. The second-order valence-electron chi connectivity index (χ2n) is 5.72. The van der Waals surface area contributed by atoms with Crippen LogP contribution in [-0.2, 0) is 16.0 Å². The van der Waals surface area contributed by atoms with Gasteiger partial charge in [0.1, 0.15) is 5.75 Å². The van der Waals surface area contributed by atoms with Crippen molar-refractivity contribution in [2.75, 3.05) is 7.11 Å². The summed E-state index contributed by atoms with van der Waals surface area (Å²) in [4.78, 5) is 24.0. The highest BCUT2D eigenvalue weighted by atomic mass is 19.1. The fourth-order valence-corrected chi connectivity index (χ4v) is 2.28. The molecule has 0 bridgehead atoms. The van der Waals surface area contributed by atoms with Crippen molar-refractivity contribution in [1.82, 2.24) is 10.9 Å². The van der Waals surface area contributed by atoms with Gasteiger partial charge in [0, 0.05) is 5.56 Å². The van der Waals surface area contributed by atoms with E-state index in [0.717, 1.165) is 5.56 Å². The highest BCUT2D eigenvalue weighted by Crippen LogP contribution is 2.20. The lowest BCUT2D eigenvalue weighted by molar-refractivity contribution is -0.132. The quantitative estimate of drug-likeness (QED) is 0.775. The van der Waals surface area contributed by atoms with Crippen LogP contribution in [0.5, 0.6) is 11.5 Å². The lowest BCUT2D eigenvalue weighted by atomic mass is 10.1. The van der Waals surface area contributed by atoms with Crippen LogP contribution in [-0.4, -0.2) is 25.0 Å². The summed E-state index contributed by atoms with van der Waals surface area (Å²) in [6, 6.07) is 11.3. The molecule has 0 unspecified atom stereocenters. The second kappa shape index (κ2) is 8.84. The van der Waals surface area contributed by atoms with Crippen LogP contribution < -0.4 is 20.3 Å². The molecule has 2 aromatic carbocycles. The van der Waals surface area contributed by atoms with Gasteiger partial charge in [-0.25, -0.2) is 4.39 Å². The minimum atomic E-state index is -0.985. The molecule has 0 saturated carbocycles. The molecule has 0 fully saturated rings. The maximum absolute atomic E-state index is 13.5. The van der Waals surface area contributed by atoms with Crippen LogP contribution in [0.15, 0.2) is 42.5 Å². The van der Waals surface area contributed by atoms with E-state index >= 15 is 0 Å². The van der Waals surface area contributed by atoms with E-state index in [4.69, 9.17) is 9.47 Å². The molecule has 1 atom stereocenters. The van der Waals surface area contributed by atoms with Crippen LogP contribution in [0.3, 0.4) is 0 Å². The molecule has 2 rings (SSSR count). The highest BCUT2D eigenvalue weighted by molar-refractivity contribution is 5.85. The smallest absolute Gasteiger partial charge is 0.279 e. The van der Waals surface area contributed by atoms with Crippen molar-refractivity contribution in [3.8, 4) is 11.5 Å². The molecule has 0 aromatic heterocycles. The van der Waals surface area contributed by atoms with Gasteiger partial charge in [0.25, 0.3) is 5.91 Å². The Labute approximate surface area is 151 Å². The molecule has 2 amide bonds. The number of halogens is 1. The number of nitrogens with one attached hydrogen (secondary N) is 2. The number of ether oxygens (including phenoxy) is 2. The fraction of sp³-hybridized carbons (Fsp3) is 0.263. The minimum absolute atomic E-state index is 0.0354. The Balaban J connectivity index is 1.88. The summed E-state index contributed by atoms with van der Waals surface area (Å²) in [5.41, 5.74) is 6.28. The van der Waals surface area contributed by atoms with Gasteiger partial charge in [-0.15, -0.1) is 0 Å². The predicted molar refractivity (Wildman–Crippen MR) is 94.2 cm³/mol. The van der Waals surface area contributed by atoms with E-state index in [1.165, 1.54) is 32.2 Å². The zero-order chi connectivity index (χ0) is 19.1. The first-order valence-corrected chi connectivity index (χ1v) is 8.04. The average molecular weight is 360 g/mol. The third-order valence-corrected chi connectivity index (χ3v) is 3.62. The van der Waals surface area contributed by atoms with E-state index in [1.807, 2.05) is 19.1 Å². The molecular formula is C19H21FN2O4. The summed E-state index contributed by atoms with van der Waals surface area (Å²) < 4.78 is 24.0. The molecule has 2 N–H and O–H groups in total. The van der Waals surface area contributed by atoms with Gasteiger partial charge < -0.3 is 9.47 Å². The molecule has 0 aliphatic carbocycles. The number of benzene rings is 2. The number of hydrogen-bond donors (Lipinski definition) is 2. The minimum Gasteiger partial charge on any atom is -0.496 e. The Morgan fingerprint density at radius 3 is 2.54 bits per heavy atom. The van der Waals surface area contributed by atoms with E-state index in [9.17, 15) is 14.0 Å². The zero-order valence-electron chi connectivity index (χ0n) is 14.8. The van der Waals surface area contributed by atoms with Gasteiger partial charge in [-0.1, -0.05) is 29.8 Å². The van der Waals surface area contributed by atoms with Crippen molar-refractivity contribution in [3.05, 3.63) is 59.4 Å². The van der Waals surface area contributed by atoms with Crippen molar-refractivity contribution in [1.29, 1.82) is 0 Å². The Morgan fingerprint density at radius 1 is 1.12 bits per heavy atom. The van der Waals surface area contributed by atoms with Gasteiger partial charge in [0.15, 0.2) is 17.7 Å². The van der Waals surface area contributed by atoms with Crippen LogP contribution in [0.25, 0.3) is 0 Å². The van der Waals surface area contributed by atoms with Crippen LogP contribution in [0, 0.1) is 12.7 Å². The molecule has 0 saturated heterocycles. The number of carbonyl (C=O) groups is 2. The molecule has 7 heteroatoms. The predicted octanol–water partition coefficient (Wildman–Crippen LogP) is 2.30. The molecule has 138 valence electrons. The van der Waals surface area contributed by atoms with Gasteiger partial charge >= 0.3 is 0 Å². The number of methoxy groups -OCH3 is 1. The second-order valence-corrected chi connectivity index (χ2v) is 5.72. The number of carbonyl (C=O) groups excluding carboxylic acids is 2. The van der Waals surface area contributed by atoms with E-state index in [1.54, 1.807) is 12.1 Å². The summed E-state index contributed by atoms with van der Waals surface area (Å²) in [5.74, 6) is -1.03. The van der Waals surface area contributed by atoms with Crippen LogP contribution >= 0.6 is 0 Å². The van der Waals surface area contributed by atoms with Crippen molar-refractivity contribution >= 4 is 11.8 Å². The van der Waals surface area contributed by atoms with Crippen molar-refractivity contribution in [2.45, 2.75) is 26.4 Å². The average Bonchev–Trinajstić information content (AvgIpc) is 2.61. The molecule has 0 radical (unpaired) electrons. The summed E-state index contributed by atoms with van der Waals surface area (Å²) >= 11 is 0. The standard InChI is InChI=1S/C19H21FN2O4/c1-12-8-9-16(25-3)14(10-12)11-18(23)21-22-19(24)13(2)26-17-7-5-4-6-15(17)20/h4-10,13H,11H2,1-3H3,(H,21,23)(H,22,24)/t13-/m0/s1. The van der Waals surface area contributed by atoms with Crippen LogP contribution in [0.4, 0.5) is 4.39 Å². The van der Waals surface area contributed by atoms with Crippen LogP contribution in [0.2, 0.25) is 0 Å². The topological polar surface area (TPSA) is 76.7 Å². The molecule has 0 heterocycles. The lowest BCUT2D eigenvalue weighted by Gasteiger charge is -2.16. The van der Waals surface area contributed by atoms with E-state index in [-0.39, 0.29) is 12.2 Å². The highest BCUT2D eigenvalue weighted by Gasteiger charge is 2.17.